The van der Waals surface area contributed by atoms with Gasteiger partial charge in [0.15, 0.2) is 5.78 Å². The van der Waals surface area contributed by atoms with Crippen molar-refractivity contribution in [2.75, 3.05) is 13.2 Å². The number of phenols is 1. The maximum absolute atomic E-state index is 12.4. The van der Waals surface area contributed by atoms with E-state index < -0.39 is 0 Å². The molecule has 0 aliphatic rings. The summed E-state index contributed by atoms with van der Waals surface area (Å²) in [5.41, 5.74) is 2.32. The first-order chi connectivity index (χ1) is 12.6. The molecule has 0 saturated carbocycles. The zero-order chi connectivity index (χ0) is 18.9. The third-order valence-electron chi connectivity index (χ3n) is 3.74. The predicted molar refractivity (Wildman–Crippen MR) is 104 cm³/mol. The van der Waals surface area contributed by atoms with Gasteiger partial charge in [0.1, 0.15) is 17.2 Å². The van der Waals surface area contributed by atoms with E-state index in [1.54, 1.807) is 24.3 Å². The minimum absolute atomic E-state index is 0.129. The van der Waals surface area contributed by atoms with Crippen LogP contribution in [0.2, 0.25) is 0 Å². The summed E-state index contributed by atoms with van der Waals surface area (Å²) in [6, 6.07) is 9.93. The summed E-state index contributed by atoms with van der Waals surface area (Å²) in [5.74, 6) is 1.41. The molecule has 2 aromatic rings. The number of ether oxygens (including phenoxy) is 2. The van der Waals surface area contributed by atoms with Crippen molar-refractivity contribution in [2.24, 2.45) is 0 Å². The van der Waals surface area contributed by atoms with E-state index in [0.717, 1.165) is 16.9 Å². The van der Waals surface area contributed by atoms with Gasteiger partial charge in [-0.3, -0.25) is 4.79 Å². The lowest BCUT2D eigenvalue weighted by Gasteiger charge is -2.15. The third-order valence-corrected chi connectivity index (χ3v) is 3.74. The van der Waals surface area contributed by atoms with E-state index in [2.05, 4.69) is 6.58 Å². The fraction of sp³-hybridized carbons (Fsp3) is 0.227. The standard InChI is InChI=1S/C22H24O4/c1-4-7-20-17(14-19(25-5-2)15-22(20)26-6-3)10-13-21(24)16-8-11-18(23)12-9-16/h4,8-15,23H,1,5-7H2,2-3H3/b13-10+. The van der Waals surface area contributed by atoms with E-state index in [1.165, 1.54) is 18.2 Å². The second-order valence-electron chi connectivity index (χ2n) is 5.59. The summed E-state index contributed by atoms with van der Waals surface area (Å²) in [4.78, 5) is 12.4. The van der Waals surface area contributed by atoms with Crippen LogP contribution in [0.3, 0.4) is 0 Å². The van der Waals surface area contributed by atoms with Crippen LogP contribution in [-0.2, 0) is 6.42 Å². The molecule has 0 aliphatic carbocycles. The Balaban J connectivity index is 2.39. The molecule has 0 bridgehead atoms. The van der Waals surface area contributed by atoms with Crippen LogP contribution in [0.4, 0.5) is 0 Å². The highest BCUT2D eigenvalue weighted by Crippen LogP contribution is 2.31. The van der Waals surface area contributed by atoms with Crippen LogP contribution >= 0.6 is 0 Å². The lowest BCUT2D eigenvalue weighted by Crippen LogP contribution is -2.01. The average Bonchev–Trinajstić information content (AvgIpc) is 2.63. The monoisotopic (exact) mass is 352 g/mol. The Labute approximate surface area is 154 Å². The summed E-state index contributed by atoms with van der Waals surface area (Å²) in [6.45, 7) is 8.73. The van der Waals surface area contributed by atoms with Gasteiger partial charge in [0.25, 0.3) is 0 Å². The Bertz CT molecular complexity index is 789. The van der Waals surface area contributed by atoms with Crippen LogP contribution in [0.1, 0.15) is 35.3 Å². The van der Waals surface area contributed by atoms with Crippen molar-refractivity contribution in [3.63, 3.8) is 0 Å². The van der Waals surface area contributed by atoms with Gasteiger partial charge in [0.2, 0.25) is 0 Å². The fourth-order valence-electron chi connectivity index (χ4n) is 2.57. The van der Waals surface area contributed by atoms with Gasteiger partial charge in [-0.2, -0.15) is 0 Å². The number of ketones is 1. The third kappa shape index (κ3) is 4.99. The van der Waals surface area contributed by atoms with Crippen molar-refractivity contribution in [3.8, 4) is 17.2 Å². The summed E-state index contributed by atoms with van der Waals surface area (Å²) in [6.07, 6.45) is 5.70. The fourth-order valence-corrected chi connectivity index (χ4v) is 2.57. The quantitative estimate of drug-likeness (QED) is 0.399. The molecular weight excluding hydrogens is 328 g/mol. The minimum Gasteiger partial charge on any atom is -0.508 e. The lowest BCUT2D eigenvalue weighted by atomic mass is 10.0. The van der Waals surface area contributed by atoms with Gasteiger partial charge in [-0.15, -0.1) is 6.58 Å². The van der Waals surface area contributed by atoms with Crippen molar-refractivity contribution in [3.05, 3.63) is 71.8 Å². The van der Waals surface area contributed by atoms with Gasteiger partial charge in [-0.1, -0.05) is 12.2 Å². The van der Waals surface area contributed by atoms with Crippen LogP contribution in [0.25, 0.3) is 6.08 Å². The molecule has 2 rings (SSSR count). The first-order valence-corrected chi connectivity index (χ1v) is 8.63. The highest BCUT2D eigenvalue weighted by molar-refractivity contribution is 6.07. The molecule has 1 N–H and O–H groups in total. The van der Waals surface area contributed by atoms with Crippen LogP contribution in [0.15, 0.2) is 55.1 Å². The van der Waals surface area contributed by atoms with Crippen molar-refractivity contribution < 1.29 is 19.4 Å². The largest absolute Gasteiger partial charge is 0.508 e. The summed E-state index contributed by atoms with van der Waals surface area (Å²) >= 11 is 0. The van der Waals surface area contributed by atoms with Crippen LogP contribution in [-0.4, -0.2) is 24.1 Å². The molecule has 0 spiro atoms. The average molecular weight is 352 g/mol. The van der Waals surface area contributed by atoms with Crippen molar-refractivity contribution >= 4 is 11.9 Å². The molecule has 2 aromatic carbocycles. The van der Waals surface area contributed by atoms with Crippen molar-refractivity contribution in [2.45, 2.75) is 20.3 Å². The molecule has 0 aromatic heterocycles. The number of carbonyl (C=O) groups is 1. The molecule has 4 heteroatoms. The van der Waals surface area contributed by atoms with E-state index in [4.69, 9.17) is 9.47 Å². The van der Waals surface area contributed by atoms with Crippen LogP contribution in [0, 0.1) is 0 Å². The number of aromatic hydroxyl groups is 1. The van der Waals surface area contributed by atoms with E-state index in [-0.39, 0.29) is 11.5 Å². The molecule has 0 unspecified atom stereocenters. The number of hydrogen-bond acceptors (Lipinski definition) is 4. The van der Waals surface area contributed by atoms with Crippen molar-refractivity contribution in [1.29, 1.82) is 0 Å². The molecule has 136 valence electrons. The number of allylic oxidation sites excluding steroid dienone is 2. The highest BCUT2D eigenvalue weighted by atomic mass is 16.5. The first kappa shape index (κ1) is 19.3. The molecule has 0 amide bonds. The molecule has 0 atom stereocenters. The maximum atomic E-state index is 12.4. The van der Waals surface area contributed by atoms with Crippen molar-refractivity contribution in [1.82, 2.24) is 0 Å². The number of hydrogen-bond donors (Lipinski definition) is 1. The van der Waals surface area contributed by atoms with Gasteiger partial charge in [-0.05, 0) is 62.2 Å². The molecule has 0 aliphatic heterocycles. The molecular formula is C22H24O4. The molecule has 0 saturated heterocycles. The van der Waals surface area contributed by atoms with E-state index >= 15 is 0 Å². The molecule has 0 radical (unpaired) electrons. The minimum atomic E-state index is -0.144. The van der Waals surface area contributed by atoms with Gasteiger partial charge >= 0.3 is 0 Å². The van der Waals surface area contributed by atoms with Crippen LogP contribution in [0.5, 0.6) is 17.2 Å². The summed E-state index contributed by atoms with van der Waals surface area (Å²) in [7, 11) is 0. The number of rotatable bonds is 9. The Morgan fingerprint density at radius 1 is 1.12 bits per heavy atom. The van der Waals surface area contributed by atoms with Crippen LogP contribution < -0.4 is 9.47 Å². The van der Waals surface area contributed by atoms with Gasteiger partial charge in [0, 0.05) is 17.2 Å². The Morgan fingerprint density at radius 3 is 2.42 bits per heavy atom. The Kier molecular flexibility index (Phi) is 7.03. The van der Waals surface area contributed by atoms with Gasteiger partial charge < -0.3 is 14.6 Å². The zero-order valence-electron chi connectivity index (χ0n) is 15.2. The second-order valence-corrected chi connectivity index (χ2v) is 5.59. The van der Waals surface area contributed by atoms with E-state index in [1.807, 2.05) is 26.0 Å². The first-order valence-electron chi connectivity index (χ1n) is 8.63. The predicted octanol–water partition coefficient (Wildman–Crippen LogP) is 4.81. The zero-order valence-corrected chi connectivity index (χ0v) is 15.2. The maximum Gasteiger partial charge on any atom is 0.185 e. The lowest BCUT2D eigenvalue weighted by molar-refractivity contribution is 0.104. The number of phenolic OH excluding ortho intramolecular Hbond substituents is 1. The molecule has 26 heavy (non-hydrogen) atoms. The van der Waals surface area contributed by atoms with Gasteiger partial charge in [-0.25, -0.2) is 0 Å². The highest BCUT2D eigenvalue weighted by Gasteiger charge is 2.11. The van der Waals surface area contributed by atoms with Gasteiger partial charge in [0.05, 0.1) is 13.2 Å². The topological polar surface area (TPSA) is 55.8 Å². The SMILES string of the molecule is C=CCc1c(/C=C/C(=O)c2ccc(O)cc2)cc(OCC)cc1OCC. The summed E-state index contributed by atoms with van der Waals surface area (Å²) < 4.78 is 11.4. The smallest absolute Gasteiger partial charge is 0.185 e. The Hall–Kier alpha value is -3.01. The molecule has 0 fully saturated rings. The normalized spacial score (nSPS) is 10.7. The molecule has 0 heterocycles. The molecule has 4 nitrogen and oxygen atoms in total. The van der Waals surface area contributed by atoms with E-state index in [0.29, 0.717) is 30.9 Å². The Morgan fingerprint density at radius 2 is 1.81 bits per heavy atom. The van der Waals surface area contributed by atoms with E-state index in [9.17, 15) is 9.90 Å². The summed E-state index contributed by atoms with van der Waals surface area (Å²) in [5, 5.41) is 9.34. The number of benzene rings is 2. The number of carbonyl (C=O) groups excluding carboxylic acids is 1. The second kappa shape index (κ2) is 9.47.